The lowest BCUT2D eigenvalue weighted by Crippen LogP contribution is -2.39. The number of carbonyl (C=O) groups is 1. The van der Waals surface area contributed by atoms with Gasteiger partial charge < -0.3 is 15.9 Å². The monoisotopic (exact) mass is 189 g/mol. The Labute approximate surface area is 78.7 Å². The first kappa shape index (κ1) is 12.4. The second kappa shape index (κ2) is 5.94. The van der Waals surface area contributed by atoms with Crippen LogP contribution in [0.4, 0.5) is 0 Å². The summed E-state index contributed by atoms with van der Waals surface area (Å²) in [7, 11) is 0. The highest BCUT2D eigenvalue weighted by Gasteiger charge is 2.26. The molecule has 4 heteroatoms. The van der Waals surface area contributed by atoms with Gasteiger partial charge in [-0.25, -0.2) is 0 Å². The second-order valence-corrected chi connectivity index (χ2v) is 3.51. The Morgan fingerprint density at radius 2 is 1.77 bits per heavy atom. The molecule has 1 rings (SSSR count). The van der Waals surface area contributed by atoms with Crippen molar-refractivity contribution in [1.82, 2.24) is 0 Å². The lowest BCUT2D eigenvalue weighted by Gasteiger charge is -2.30. The van der Waals surface area contributed by atoms with Crippen molar-refractivity contribution in [2.75, 3.05) is 6.54 Å². The van der Waals surface area contributed by atoms with E-state index < -0.39 is 11.6 Å². The van der Waals surface area contributed by atoms with Crippen LogP contribution in [0.2, 0.25) is 0 Å². The number of carboxylic acid groups (broad SMARTS) is 1. The smallest absolute Gasteiger partial charge is 0.300 e. The molecule has 0 atom stereocenters. The maximum Gasteiger partial charge on any atom is 0.300 e. The van der Waals surface area contributed by atoms with Crippen LogP contribution in [0.1, 0.15) is 39.0 Å². The SMILES string of the molecule is CC(=O)O.NCC1(O)CCCCC1. The van der Waals surface area contributed by atoms with Gasteiger partial charge in [0.2, 0.25) is 0 Å². The Balaban J connectivity index is 0.000000310. The number of rotatable bonds is 1. The van der Waals surface area contributed by atoms with Gasteiger partial charge in [-0.2, -0.15) is 0 Å². The molecule has 78 valence electrons. The zero-order chi connectivity index (χ0) is 10.3. The van der Waals surface area contributed by atoms with Crippen LogP contribution in [0.5, 0.6) is 0 Å². The Kier molecular flexibility index (Phi) is 5.66. The minimum Gasteiger partial charge on any atom is -0.481 e. The van der Waals surface area contributed by atoms with E-state index in [1.807, 2.05) is 0 Å². The Bertz CT molecular complexity index is 149. The molecule has 13 heavy (non-hydrogen) atoms. The van der Waals surface area contributed by atoms with Gasteiger partial charge in [-0.3, -0.25) is 4.79 Å². The summed E-state index contributed by atoms with van der Waals surface area (Å²) in [5, 5.41) is 17.0. The van der Waals surface area contributed by atoms with Gasteiger partial charge in [0.1, 0.15) is 0 Å². The van der Waals surface area contributed by atoms with Gasteiger partial charge in [-0.1, -0.05) is 19.3 Å². The molecule has 0 amide bonds. The first-order chi connectivity index (χ1) is 6.00. The molecule has 4 nitrogen and oxygen atoms in total. The number of aliphatic hydroxyl groups is 1. The summed E-state index contributed by atoms with van der Waals surface area (Å²) >= 11 is 0. The van der Waals surface area contributed by atoms with Crippen LogP contribution in [0, 0.1) is 0 Å². The van der Waals surface area contributed by atoms with Crippen LogP contribution in [0.15, 0.2) is 0 Å². The first-order valence-corrected chi connectivity index (χ1v) is 4.62. The summed E-state index contributed by atoms with van der Waals surface area (Å²) in [6.07, 6.45) is 5.37. The maximum absolute atomic E-state index is 9.56. The fourth-order valence-corrected chi connectivity index (χ4v) is 1.41. The average Bonchev–Trinajstić information content (AvgIpc) is 2.05. The molecule has 0 aromatic heterocycles. The van der Waals surface area contributed by atoms with Crippen molar-refractivity contribution in [3.05, 3.63) is 0 Å². The van der Waals surface area contributed by atoms with Crippen LogP contribution < -0.4 is 5.73 Å². The van der Waals surface area contributed by atoms with E-state index in [0.717, 1.165) is 32.6 Å². The molecule has 0 aliphatic heterocycles. The van der Waals surface area contributed by atoms with Crippen molar-refractivity contribution in [3.63, 3.8) is 0 Å². The van der Waals surface area contributed by atoms with Crippen LogP contribution in [0.25, 0.3) is 0 Å². The van der Waals surface area contributed by atoms with E-state index >= 15 is 0 Å². The summed E-state index contributed by atoms with van der Waals surface area (Å²) in [5.41, 5.74) is 4.89. The minimum absolute atomic E-state index is 0.438. The highest BCUT2D eigenvalue weighted by molar-refractivity contribution is 5.62. The van der Waals surface area contributed by atoms with E-state index in [1.165, 1.54) is 6.42 Å². The topological polar surface area (TPSA) is 83.5 Å². The molecule has 0 aromatic carbocycles. The maximum atomic E-state index is 9.56. The third-order valence-electron chi connectivity index (χ3n) is 2.16. The molecule has 0 aromatic rings. The van der Waals surface area contributed by atoms with E-state index in [2.05, 4.69) is 0 Å². The van der Waals surface area contributed by atoms with Crippen molar-refractivity contribution in [1.29, 1.82) is 0 Å². The Morgan fingerprint density at radius 1 is 1.38 bits per heavy atom. The van der Waals surface area contributed by atoms with E-state index in [0.29, 0.717) is 6.54 Å². The molecular formula is C9H19NO3. The molecule has 0 spiro atoms. The molecule has 1 aliphatic rings. The summed E-state index contributed by atoms with van der Waals surface area (Å²) in [6, 6.07) is 0. The minimum atomic E-state index is -0.833. The van der Waals surface area contributed by atoms with Gasteiger partial charge in [-0.15, -0.1) is 0 Å². The summed E-state index contributed by atoms with van der Waals surface area (Å²) in [6.45, 7) is 1.52. The van der Waals surface area contributed by atoms with E-state index in [9.17, 15) is 5.11 Å². The van der Waals surface area contributed by atoms with Gasteiger partial charge in [0.05, 0.1) is 5.60 Å². The predicted octanol–water partition coefficient (Wildman–Crippen LogP) is 0.731. The molecule has 4 N–H and O–H groups in total. The van der Waals surface area contributed by atoms with E-state index in [1.54, 1.807) is 0 Å². The molecule has 1 saturated carbocycles. The molecule has 0 saturated heterocycles. The zero-order valence-electron chi connectivity index (χ0n) is 8.12. The molecule has 0 bridgehead atoms. The number of carboxylic acids is 1. The van der Waals surface area contributed by atoms with E-state index in [4.69, 9.17) is 15.6 Å². The van der Waals surface area contributed by atoms with Crippen molar-refractivity contribution in [3.8, 4) is 0 Å². The molecule has 0 unspecified atom stereocenters. The number of hydrogen-bond donors (Lipinski definition) is 3. The molecule has 1 aliphatic carbocycles. The molecule has 1 fully saturated rings. The normalized spacial score (nSPS) is 19.9. The van der Waals surface area contributed by atoms with Gasteiger partial charge in [0.25, 0.3) is 5.97 Å². The number of aliphatic carboxylic acids is 1. The fourth-order valence-electron chi connectivity index (χ4n) is 1.41. The fraction of sp³-hybridized carbons (Fsp3) is 0.889. The standard InChI is InChI=1S/C7H15NO.C2H4O2/c8-6-7(9)4-2-1-3-5-7;1-2(3)4/h9H,1-6,8H2;1H3,(H,3,4). The van der Waals surface area contributed by atoms with Crippen molar-refractivity contribution >= 4 is 5.97 Å². The summed E-state index contributed by atoms with van der Waals surface area (Å²) in [4.78, 5) is 9.00. The first-order valence-electron chi connectivity index (χ1n) is 4.62. The summed E-state index contributed by atoms with van der Waals surface area (Å²) < 4.78 is 0. The Morgan fingerprint density at radius 3 is 2.00 bits per heavy atom. The summed E-state index contributed by atoms with van der Waals surface area (Å²) in [5.74, 6) is -0.833. The lowest BCUT2D eigenvalue weighted by molar-refractivity contribution is -0.134. The second-order valence-electron chi connectivity index (χ2n) is 3.51. The van der Waals surface area contributed by atoms with Crippen molar-refractivity contribution in [2.45, 2.75) is 44.6 Å². The van der Waals surface area contributed by atoms with Crippen LogP contribution in [-0.4, -0.2) is 28.3 Å². The highest BCUT2D eigenvalue weighted by Crippen LogP contribution is 2.26. The molecule has 0 heterocycles. The van der Waals surface area contributed by atoms with Crippen molar-refractivity contribution < 1.29 is 15.0 Å². The quantitative estimate of drug-likeness (QED) is 0.568. The molecule has 0 radical (unpaired) electrons. The Hall–Kier alpha value is -0.610. The predicted molar refractivity (Wildman–Crippen MR) is 50.4 cm³/mol. The third-order valence-corrected chi connectivity index (χ3v) is 2.16. The number of nitrogens with two attached hydrogens (primary N) is 1. The molecular weight excluding hydrogens is 170 g/mol. The average molecular weight is 189 g/mol. The van der Waals surface area contributed by atoms with Gasteiger partial charge in [-0.05, 0) is 12.8 Å². The van der Waals surface area contributed by atoms with Crippen LogP contribution >= 0.6 is 0 Å². The van der Waals surface area contributed by atoms with Crippen LogP contribution in [0.3, 0.4) is 0 Å². The zero-order valence-corrected chi connectivity index (χ0v) is 8.12. The van der Waals surface area contributed by atoms with E-state index in [-0.39, 0.29) is 0 Å². The highest BCUT2D eigenvalue weighted by atomic mass is 16.4. The van der Waals surface area contributed by atoms with Gasteiger partial charge >= 0.3 is 0 Å². The van der Waals surface area contributed by atoms with Gasteiger partial charge in [0, 0.05) is 13.5 Å². The largest absolute Gasteiger partial charge is 0.481 e. The third kappa shape index (κ3) is 6.54. The number of hydrogen-bond acceptors (Lipinski definition) is 3. The lowest BCUT2D eigenvalue weighted by atomic mass is 9.85. The van der Waals surface area contributed by atoms with Gasteiger partial charge in [0.15, 0.2) is 0 Å². The van der Waals surface area contributed by atoms with Crippen molar-refractivity contribution in [2.24, 2.45) is 5.73 Å². The van der Waals surface area contributed by atoms with Crippen LogP contribution in [-0.2, 0) is 4.79 Å².